The lowest BCUT2D eigenvalue weighted by Crippen LogP contribution is -2.55. The summed E-state index contributed by atoms with van der Waals surface area (Å²) in [7, 11) is 4.39. The lowest BCUT2D eigenvalue weighted by molar-refractivity contribution is 0.0876. The van der Waals surface area contributed by atoms with E-state index < -0.39 is 0 Å². The normalized spacial score (nSPS) is 22.4. The van der Waals surface area contributed by atoms with Gasteiger partial charge in [0.2, 0.25) is 0 Å². The van der Waals surface area contributed by atoms with Crippen molar-refractivity contribution >= 4 is 23.2 Å². The highest BCUT2D eigenvalue weighted by Crippen LogP contribution is 2.29. The van der Waals surface area contributed by atoms with Crippen LogP contribution < -0.4 is 5.32 Å². The highest BCUT2D eigenvalue weighted by molar-refractivity contribution is 6.42. The predicted octanol–water partition coefficient (Wildman–Crippen LogP) is 3.28. The van der Waals surface area contributed by atoms with Crippen LogP contribution in [0, 0.1) is 0 Å². The molecule has 3 nitrogen and oxygen atoms in total. The van der Waals surface area contributed by atoms with E-state index in [1.165, 1.54) is 5.56 Å². The maximum absolute atomic E-state index is 6.21. The van der Waals surface area contributed by atoms with Gasteiger partial charge in [-0.1, -0.05) is 36.2 Å². The Balaban J connectivity index is 2.25. The van der Waals surface area contributed by atoms with Crippen molar-refractivity contribution < 1.29 is 0 Å². The van der Waals surface area contributed by atoms with Crippen LogP contribution in [0.15, 0.2) is 18.2 Å². The summed E-state index contributed by atoms with van der Waals surface area (Å²) in [5, 5.41) is 4.93. The predicted molar refractivity (Wildman–Crippen MR) is 91.4 cm³/mol. The third-order valence-corrected chi connectivity index (χ3v) is 4.94. The number of likely N-dealkylation sites (N-methyl/N-ethyl adjacent to an activating group) is 2. The van der Waals surface area contributed by atoms with Gasteiger partial charge in [0.15, 0.2) is 0 Å². The second-order valence-corrected chi connectivity index (χ2v) is 6.73. The Bertz CT molecular complexity index is 467. The van der Waals surface area contributed by atoms with E-state index >= 15 is 0 Å². The molecule has 2 rings (SSSR count). The van der Waals surface area contributed by atoms with E-state index in [9.17, 15) is 0 Å². The van der Waals surface area contributed by atoms with Gasteiger partial charge < -0.3 is 10.2 Å². The number of halogens is 2. The van der Waals surface area contributed by atoms with Crippen molar-refractivity contribution in [1.82, 2.24) is 15.1 Å². The van der Waals surface area contributed by atoms with Gasteiger partial charge in [-0.05, 0) is 44.8 Å². The molecule has 0 amide bonds. The van der Waals surface area contributed by atoms with Gasteiger partial charge in [-0.2, -0.15) is 0 Å². The molecule has 1 aliphatic rings. The molecule has 1 aliphatic heterocycles. The van der Waals surface area contributed by atoms with Crippen LogP contribution in [0.25, 0.3) is 0 Å². The van der Waals surface area contributed by atoms with Crippen molar-refractivity contribution in [3.8, 4) is 0 Å². The molecule has 5 heteroatoms. The van der Waals surface area contributed by atoms with Crippen molar-refractivity contribution in [2.24, 2.45) is 0 Å². The topological polar surface area (TPSA) is 18.5 Å². The average Bonchev–Trinajstić information content (AvgIpc) is 2.46. The summed E-state index contributed by atoms with van der Waals surface area (Å²) in [5.41, 5.74) is 1.21. The van der Waals surface area contributed by atoms with Crippen molar-refractivity contribution in [2.45, 2.75) is 25.4 Å². The Hall–Kier alpha value is -0.320. The molecule has 21 heavy (non-hydrogen) atoms. The van der Waals surface area contributed by atoms with E-state index in [2.05, 4.69) is 42.2 Å². The number of hydrogen-bond acceptors (Lipinski definition) is 3. The van der Waals surface area contributed by atoms with Crippen LogP contribution in [-0.2, 0) is 0 Å². The summed E-state index contributed by atoms with van der Waals surface area (Å²) in [6, 6.07) is 6.69. The quantitative estimate of drug-likeness (QED) is 0.894. The zero-order chi connectivity index (χ0) is 15.4. The van der Waals surface area contributed by atoms with Crippen LogP contribution in [-0.4, -0.2) is 56.1 Å². The monoisotopic (exact) mass is 329 g/mol. The second kappa shape index (κ2) is 7.80. The molecule has 1 fully saturated rings. The zero-order valence-corrected chi connectivity index (χ0v) is 14.6. The van der Waals surface area contributed by atoms with E-state index in [4.69, 9.17) is 23.2 Å². The van der Waals surface area contributed by atoms with E-state index in [0.717, 1.165) is 32.6 Å². The maximum atomic E-state index is 6.21. The molecule has 2 unspecified atom stereocenters. The minimum absolute atomic E-state index is 0.271. The highest BCUT2D eigenvalue weighted by atomic mass is 35.5. The highest BCUT2D eigenvalue weighted by Gasteiger charge is 2.30. The van der Waals surface area contributed by atoms with Crippen LogP contribution in [0.5, 0.6) is 0 Å². The largest absolute Gasteiger partial charge is 0.309 e. The third kappa shape index (κ3) is 4.33. The van der Waals surface area contributed by atoms with E-state index in [0.29, 0.717) is 16.1 Å². The summed E-state index contributed by atoms with van der Waals surface area (Å²) in [6.45, 7) is 6.45. The third-order valence-electron chi connectivity index (χ3n) is 4.20. The molecule has 1 heterocycles. The Kier molecular flexibility index (Phi) is 6.33. The molecule has 1 aromatic carbocycles. The Labute approximate surface area is 138 Å². The fourth-order valence-electron chi connectivity index (χ4n) is 2.89. The summed E-state index contributed by atoms with van der Waals surface area (Å²) in [5.74, 6) is 0. The molecule has 118 valence electrons. The number of rotatable bonds is 5. The van der Waals surface area contributed by atoms with E-state index in [-0.39, 0.29) is 6.04 Å². The zero-order valence-electron chi connectivity index (χ0n) is 13.1. The van der Waals surface area contributed by atoms with Crippen molar-refractivity contribution in [1.29, 1.82) is 0 Å². The van der Waals surface area contributed by atoms with E-state index in [1.807, 2.05) is 12.1 Å². The van der Waals surface area contributed by atoms with Gasteiger partial charge >= 0.3 is 0 Å². The summed E-state index contributed by atoms with van der Waals surface area (Å²) in [4.78, 5) is 4.83. The molecule has 0 saturated carbocycles. The number of nitrogens with zero attached hydrogens (tertiary/aromatic N) is 2. The number of piperazine rings is 1. The molecule has 0 spiro atoms. The van der Waals surface area contributed by atoms with Gasteiger partial charge in [-0.3, -0.25) is 4.90 Å². The van der Waals surface area contributed by atoms with Crippen LogP contribution in [0.4, 0.5) is 0 Å². The number of hydrogen-bond donors (Lipinski definition) is 1. The second-order valence-electron chi connectivity index (χ2n) is 5.92. The van der Waals surface area contributed by atoms with Crippen molar-refractivity contribution in [2.75, 3.05) is 40.3 Å². The van der Waals surface area contributed by atoms with Gasteiger partial charge in [0.25, 0.3) is 0 Å². The first kappa shape index (κ1) is 17.0. The first-order valence-corrected chi connectivity index (χ1v) is 8.35. The fourth-order valence-corrected chi connectivity index (χ4v) is 3.19. The molecule has 1 aromatic rings. The van der Waals surface area contributed by atoms with Crippen LogP contribution in [0.1, 0.15) is 24.9 Å². The van der Waals surface area contributed by atoms with Crippen LogP contribution >= 0.6 is 23.2 Å². The van der Waals surface area contributed by atoms with Crippen LogP contribution in [0.3, 0.4) is 0 Å². The van der Waals surface area contributed by atoms with Gasteiger partial charge in [-0.25, -0.2) is 0 Å². The van der Waals surface area contributed by atoms with Gasteiger partial charge in [0.1, 0.15) is 0 Å². The smallest absolute Gasteiger partial charge is 0.0595 e. The number of nitrogens with one attached hydrogen (secondary N) is 1. The first-order valence-electron chi connectivity index (χ1n) is 7.60. The molecule has 0 bridgehead atoms. The summed E-state index contributed by atoms with van der Waals surface area (Å²) in [6.07, 6.45) is 1.12. The molecule has 0 radical (unpaired) electrons. The SMILES string of the molecule is CCCNC(c1ccc(Cl)c(Cl)c1)C1CN(C)CCN1C. The van der Waals surface area contributed by atoms with Crippen LogP contribution in [0.2, 0.25) is 10.0 Å². The molecular formula is C16H25Cl2N3. The molecule has 1 N–H and O–H groups in total. The first-order chi connectivity index (χ1) is 10.0. The molecule has 2 atom stereocenters. The van der Waals surface area contributed by atoms with Crippen molar-refractivity contribution in [3.05, 3.63) is 33.8 Å². The molecule has 0 aliphatic carbocycles. The summed E-state index contributed by atoms with van der Waals surface area (Å²) < 4.78 is 0. The van der Waals surface area contributed by atoms with Gasteiger partial charge in [-0.15, -0.1) is 0 Å². The lowest BCUT2D eigenvalue weighted by atomic mass is 9.96. The standard InChI is InChI=1S/C16H25Cl2N3/c1-4-7-19-16(12-5-6-13(17)14(18)10-12)15-11-20(2)8-9-21(15)3/h5-6,10,15-16,19H,4,7-9,11H2,1-3H3. The number of benzene rings is 1. The average molecular weight is 330 g/mol. The van der Waals surface area contributed by atoms with Gasteiger partial charge in [0, 0.05) is 31.7 Å². The Morgan fingerprint density at radius 2 is 2.00 bits per heavy atom. The van der Waals surface area contributed by atoms with Gasteiger partial charge in [0.05, 0.1) is 10.0 Å². The molecular weight excluding hydrogens is 305 g/mol. The van der Waals surface area contributed by atoms with Crippen molar-refractivity contribution in [3.63, 3.8) is 0 Å². The molecule has 0 aromatic heterocycles. The Morgan fingerprint density at radius 3 is 2.67 bits per heavy atom. The van der Waals surface area contributed by atoms with E-state index in [1.54, 1.807) is 0 Å². The fraction of sp³-hybridized carbons (Fsp3) is 0.625. The minimum Gasteiger partial charge on any atom is -0.309 e. The lowest BCUT2D eigenvalue weighted by Gasteiger charge is -2.42. The summed E-state index contributed by atoms with van der Waals surface area (Å²) >= 11 is 12.3. The minimum atomic E-state index is 0.271. The maximum Gasteiger partial charge on any atom is 0.0595 e. The molecule has 1 saturated heterocycles. The Morgan fingerprint density at radius 1 is 1.24 bits per heavy atom.